The number of nitrogens with one attached hydrogen (secondary N) is 2. The highest BCUT2D eigenvalue weighted by molar-refractivity contribution is 7.13. The molecule has 1 aromatic rings. The summed E-state index contributed by atoms with van der Waals surface area (Å²) in [6.07, 6.45) is 2.03. The molecule has 17 heavy (non-hydrogen) atoms. The van der Waals surface area contributed by atoms with Crippen LogP contribution < -0.4 is 10.6 Å². The highest BCUT2D eigenvalue weighted by Crippen LogP contribution is 2.14. The maximum atomic E-state index is 11.7. The van der Waals surface area contributed by atoms with Crippen LogP contribution in [0.25, 0.3) is 0 Å². The molecule has 6 heteroatoms. The lowest BCUT2D eigenvalue weighted by Crippen LogP contribution is -2.44. The van der Waals surface area contributed by atoms with Crippen molar-refractivity contribution in [1.29, 1.82) is 0 Å². The average molecular weight is 254 g/mol. The van der Waals surface area contributed by atoms with Gasteiger partial charge in [-0.1, -0.05) is 0 Å². The summed E-state index contributed by atoms with van der Waals surface area (Å²) in [4.78, 5) is 18.2. The fourth-order valence-electron chi connectivity index (χ4n) is 1.88. The average Bonchev–Trinajstić information content (AvgIpc) is 2.67. The molecule has 0 aromatic carbocycles. The molecule has 1 aliphatic rings. The molecule has 2 N–H and O–H groups in total. The Hall–Kier alpha value is -1.14. The summed E-state index contributed by atoms with van der Waals surface area (Å²) in [5.41, 5.74) is 0.935. The number of aryl methyl sites for hydroxylation is 1. The number of hydrogen-bond acceptors (Lipinski definition) is 4. The number of rotatable bonds is 2. The number of likely N-dealkylation sites (tertiary alicyclic amines) is 1. The number of anilines is 1. The van der Waals surface area contributed by atoms with E-state index < -0.39 is 0 Å². The molecule has 1 aliphatic heterocycles. The third-order valence-electron chi connectivity index (χ3n) is 2.89. The van der Waals surface area contributed by atoms with Crippen LogP contribution in [-0.4, -0.2) is 42.1 Å². The van der Waals surface area contributed by atoms with E-state index in [1.807, 2.05) is 12.3 Å². The number of urea groups is 1. The molecule has 0 aliphatic carbocycles. The van der Waals surface area contributed by atoms with Crippen LogP contribution in [0, 0.1) is 6.92 Å². The number of nitrogens with zero attached hydrogens (tertiary/aromatic N) is 2. The van der Waals surface area contributed by atoms with E-state index in [9.17, 15) is 4.79 Å². The number of carbonyl (C=O) groups is 1. The predicted molar refractivity (Wildman–Crippen MR) is 69.5 cm³/mol. The SMILES string of the molecule is Cc1csc(NC(=O)NC2CCN(C)CC2)n1. The van der Waals surface area contributed by atoms with E-state index in [2.05, 4.69) is 27.6 Å². The first-order valence-corrected chi connectivity index (χ1v) is 6.69. The van der Waals surface area contributed by atoms with E-state index in [-0.39, 0.29) is 12.1 Å². The van der Waals surface area contributed by atoms with Crippen molar-refractivity contribution in [3.8, 4) is 0 Å². The second-order valence-electron chi connectivity index (χ2n) is 4.47. The molecular formula is C11H18N4OS. The molecule has 0 saturated carbocycles. The number of hydrogen-bond donors (Lipinski definition) is 2. The van der Waals surface area contributed by atoms with Crippen LogP contribution in [0.5, 0.6) is 0 Å². The molecule has 0 radical (unpaired) electrons. The van der Waals surface area contributed by atoms with Gasteiger partial charge in [0.1, 0.15) is 0 Å². The third-order valence-corrected chi connectivity index (χ3v) is 3.77. The molecule has 0 atom stereocenters. The maximum absolute atomic E-state index is 11.7. The van der Waals surface area contributed by atoms with Crippen molar-refractivity contribution in [2.45, 2.75) is 25.8 Å². The van der Waals surface area contributed by atoms with Crippen LogP contribution in [0.2, 0.25) is 0 Å². The van der Waals surface area contributed by atoms with Gasteiger partial charge in [0.25, 0.3) is 0 Å². The van der Waals surface area contributed by atoms with Gasteiger partial charge in [0.15, 0.2) is 5.13 Å². The van der Waals surface area contributed by atoms with Crippen molar-refractivity contribution in [3.05, 3.63) is 11.1 Å². The molecule has 94 valence electrons. The van der Waals surface area contributed by atoms with Gasteiger partial charge >= 0.3 is 6.03 Å². The van der Waals surface area contributed by atoms with Gasteiger partial charge in [-0.05, 0) is 39.9 Å². The monoisotopic (exact) mass is 254 g/mol. The van der Waals surface area contributed by atoms with Gasteiger partial charge in [0.2, 0.25) is 0 Å². The Kier molecular flexibility index (Phi) is 3.96. The number of thiazole rings is 1. The van der Waals surface area contributed by atoms with Crippen LogP contribution in [0.15, 0.2) is 5.38 Å². The molecule has 1 aromatic heterocycles. The predicted octanol–water partition coefficient (Wildman–Crippen LogP) is 1.67. The zero-order chi connectivity index (χ0) is 12.3. The van der Waals surface area contributed by atoms with Crippen LogP contribution in [0.3, 0.4) is 0 Å². The van der Waals surface area contributed by atoms with Gasteiger partial charge in [0.05, 0.1) is 5.69 Å². The summed E-state index contributed by atoms with van der Waals surface area (Å²) in [6, 6.07) is 0.140. The molecule has 0 unspecified atom stereocenters. The molecule has 5 nitrogen and oxygen atoms in total. The van der Waals surface area contributed by atoms with Gasteiger partial charge in [-0.2, -0.15) is 0 Å². The van der Waals surface area contributed by atoms with Crippen LogP contribution >= 0.6 is 11.3 Å². The molecule has 1 fully saturated rings. The van der Waals surface area contributed by atoms with E-state index in [1.165, 1.54) is 11.3 Å². The summed E-state index contributed by atoms with van der Waals surface area (Å²) in [5.74, 6) is 0. The summed E-state index contributed by atoms with van der Waals surface area (Å²) in [6.45, 7) is 4.00. The Bertz CT molecular complexity index is 385. The van der Waals surface area contributed by atoms with Gasteiger partial charge in [-0.3, -0.25) is 5.32 Å². The molecule has 2 amide bonds. The maximum Gasteiger partial charge on any atom is 0.321 e. The molecule has 0 bridgehead atoms. The fourth-order valence-corrected chi connectivity index (χ4v) is 2.57. The number of carbonyl (C=O) groups excluding carboxylic acids is 1. The topological polar surface area (TPSA) is 57.3 Å². The van der Waals surface area contributed by atoms with Crippen molar-refractivity contribution in [2.24, 2.45) is 0 Å². The van der Waals surface area contributed by atoms with Crippen molar-refractivity contribution in [1.82, 2.24) is 15.2 Å². The van der Waals surface area contributed by atoms with Crippen molar-refractivity contribution >= 4 is 22.5 Å². The van der Waals surface area contributed by atoms with E-state index >= 15 is 0 Å². The summed E-state index contributed by atoms with van der Waals surface area (Å²) >= 11 is 1.45. The first kappa shape index (κ1) is 12.3. The zero-order valence-electron chi connectivity index (χ0n) is 10.2. The molecule has 1 saturated heterocycles. The second-order valence-corrected chi connectivity index (χ2v) is 5.33. The Morgan fingerprint density at radius 1 is 1.53 bits per heavy atom. The molecule has 2 heterocycles. The Morgan fingerprint density at radius 3 is 2.82 bits per heavy atom. The lowest BCUT2D eigenvalue weighted by molar-refractivity contribution is 0.221. The highest BCUT2D eigenvalue weighted by Gasteiger charge is 2.18. The fraction of sp³-hybridized carbons (Fsp3) is 0.636. The first-order chi connectivity index (χ1) is 8.13. The summed E-state index contributed by atoms with van der Waals surface area (Å²) < 4.78 is 0. The van der Waals surface area contributed by atoms with Crippen molar-refractivity contribution < 1.29 is 4.79 Å². The minimum Gasteiger partial charge on any atom is -0.335 e. The number of aromatic nitrogens is 1. The van der Waals surface area contributed by atoms with Crippen LogP contribution in [0.4, 0.5) is 9.93 Å². The van der Waals surface area contributed by atoms with Crippen LogP contribution in [0.1, 0.15) is 18.5 Å². The summed E-state index contributed by atoms with van der Waals surface area (Å²) in [5, 5.41) is 8.33. The Morgan fingerprint density at radius 2 is 2.24 bits per heavy atom. The summed E-state index contributed by atoms with van der Waals surface area (Å²) in [7, 11) is 2.11. The van der Waals surface area contributed by atoms with E-state index in [4.69, 9.17) is 0 Å². The van der Waals surface area contributed by atoms with Crippen molar-refractivity contribution in [3.63, 3.8) is 0 Å². The quantitative estimate of drug-likeness (QED) is 0.844. The van der Waals surface area contributed by atoms with E-state index in [0.29, 0.717) is 5.13 Å². The Balaban J connectivity index is 1.77. The minimum absolute atomic E-state index is 0.145. The Labute approximate surface area is 105 Å². The zero-order valence-corrected chi connectivity index (χ0v) is 11.0. The lowest BCUT2D eigenvalue weighted by Gasteiger charge is -2.29. The lowest BCUT2D eigenvalue weighted by atomic mass is 10.1. The van der Waals surface area contributed by atoms with Gasteiger partial charge in [0, 0.05) is 11.4 Å². The van der Waals surface area contributed by atoms with Gasteiger partial charge < -0.3 is 10.2 Å². The molecule has 0 spiro atoms. The number of piperidine rings is 1. The van der Waals surface area contributed by atoms with Crippen LogP contribution in [-0.2, 0) is 0 Å². The molecule has 2 rings (SSSR count). The van der Waals surface area contributed by atoms with Gasteiger partial charge in [-0.25, -0.2) is 9.78 Å². The largest absolute Gasteiger partial charge is 0.335 e. The van der Waals surface area contributed by atoms with Crippen molar-refractivity contribution in [2.75, 3.05) is 25.5 Å². The first-order valence-electron chi connectivity index (χ1n) is 5.81. The number of amides is 2. The molecular weight excluding hydrogens is 236 g/mol. The third kappa shape index (κ3) is 3.67. The normalized spacial score (nSPS) is 18.0. The van der Waals surface area contributed by atoms with E-state index in [0.717, 1.165) is 31.6 Å². The van der Waals surface area contributed by atoms with Gasteiger partial charge in [-0.15, -0.1) is 11.3 Å². The standard InChI is InChI=1S/C11H18N4OS/c1-8-7-17-11(12-8)14-10(16)13-9-3-5-15(2)6-4-9/h7,9H,3-6H2,1-2H3,(H2,12,13,14,16). The second kappa shape index (κ2) is 5.46. The smallest absolute Gasteiger partial charge is 0.321 e. The minimum atomic E-state index is -0.145. The highest BCUT2D eigenvalue weighted by atomic mass is 32.1. The van der Waals surface area contributed by atoms with E-state index in [1.54, 1.807) is 0 Å².